The molecule has 8 heavy (non-hydrogen) atoms. The third kappa shape index (κ3) is 4.33. The second kappa shape index (κ2) is 5.31. The largest absolute Gasteiger partial charge is 0.395 e. The van der Waals surface area contributed by atoms with Crippen molar-refractivity contribution in [2.75, 3.05) is 6.61 Å². The lowest BCUT2D eigenvalue weighted by molar-refractivity contribution is 0.123. The zero-order valence-electron chi connectivity index (χ0n) is 4.74. The number of hydrogen-bond donors (Lipinski definition) is 3. The molecule has 0 saturated heterocycles. The van der Waals surface area contributed by atoms with Crippen molar-refractivity contribution < 1.29 is 10.2 Å². The van der Waals surface area contributed by atoms with Crippen LogP contribution in [0.1, 0.15) is 6.92 Å². The van der Waals surface area contributed by atoms with Crippen LogP contribution in [0.5, 0.6) is 0 Å². The molecule has 4 N–H and O–H groups in total. The first-order valence-corrected chi connectivity index (χ1v) is 2.23. The van der Waals surface area contributed by atoms with Crippen LogP contribution in [0.4, 0.5) is 0 Å². The summed E-state index contributed by atoms with van der Waals surface area (Å²) in [4.78, 5) is 0. The van der Waals surface area contributed by atoms with Gasteiger partial charge in [-0.05, 0) is 6.92 Å². The Morgan fingerprint density at radius 3 is 2.00 bits per heavy atom. The van der Waals surface area contributed by atoms with Crippen LogP contribution in [-0.4, -0.2) is 29.0 Å². The van der Waals surface area contributed by atoms with Gasteiger partial charge in [-0.25, -0.2) is 0 Å². The molecule has 0 aliphatic heterocycles. The van der Waals surface area contributed by atoms with Crippen LogP contribution < -0.4 is 5.73 Å². The average molecular weight is 142 g/mol. The van der Waals surface area contributed by atoms with Crippen molar-refractivity contribution >= 4 is 12.4 Å². The van der Waals surface area contributed by atoms with E-state index in [1.165, 1.54) is 0 Å². The summed E-state index contributed by atoms with van der Waals surface area (Å²) in [5.74, 6) is 0. The van der Waals surface area contributed by atoms with Crippen LogP contribution in [0.2, 0.25) is 0 Å². The molecule has 3 nitrogen and oxygen atoms in total. The Morgan fingerprint density at radius 1 is 1.62 bits per heavy atom. The normalized spacial score (nSPS) is 16.5. The summed E-state index contributed by atoms with van der Waals surface area (Å²) < 4.78 is 0. The number of hydrogen-bond acceptors (Lipinski definition) is 3. The van der Waals surface area contributed by atoms with Crippen LogP contribution in [-0.2, 0) is 0 Å². The highest BCUT2D eigenvalue weighted by Crippen LogP contribution is 1.83. The minimum absolute atomic E-state index is 0. The summed E-state index contributed by atoms with van der Waals surface area (Å²) in [5, 5.41) is 16.8. The maximum Gasteiger partial charge on any atom is 0.0685 e. The Balaban J connectivity index is 0. The second-order valence-corrected chi connectivity index (χ2v) is 1.59. The number of halogens is 1. The number of nitrogens with two attached hydrogens (primary N) is 1. The smallest absolute Gasteiger partial charge is 0.0685 e. The Labute approximate surface area is 54.9 Å². The van der Waals surface area contributed by atoms with Crippen LogP contribution >= 0.6 is 12.4 Å². The molecule has 0 bridgehead atoms. The number of aliphatic hydroxyl groups is 2. The molecule has 52 valence electrons. The van der Waals surface area contributed by atoms with E-state index in [9.17, 15) is 0 Å². The first kappa shape index (κ1) is 11.0. The van der Waals surface area contributed by atoms with Crippen molar-refractivity contribution in [2.45, 2.75) is 19.1 Å². The molecule has 0 aromatic rings. The van der Waals surface area contributed by atoms with Gasteiger partial charge in [-0.15, -0.1) is 12.4 Å². The summed E-state index contributed by atoms with van der Waals surface area (Å²) in [5.41, 5.74) is 5.12. The standard InChI is InChI=1S/C4H11NO2.ClH/c1-3(7)4(5)2-6;/h3-4,6-7H,2,5H2,1H3;1H/t3-,4+;/m0./s1. The first-order valence-electron chi connectivity index (χ1n) is 2.23. The molecule has 2 atom stereocenters. The minimum Gasteiger partial charge on any atom is -0.395 e. The van der Waals surface area contributed by atoms with Crippen molar-refractivity contribution in [3.63, 3.8) is 0 Å². The number of aliphatic hydroxyl groups excluding tert-OH is 2. The number of rotatable bonds is 2. The summed E-state index contributed by atoms with van der Waals surface area (Å²) in [6.07, 6.45) is -0.606. The van der Waals surface area contributed by atoms with Gasteiger partial charge in [0.1, 0.15) is 0 Å². The van der Waals surface area contributed by atoms with Crippen LogP contribution in [0.15, 0.2) is 0 Å². The molecule has 0 radical (unpaired) electrons. The molecular formula is C4H12ClNO2. The molecule has 0 saturated carbocycles. The predicted octanol–water partition coefficient (Wildman–Crippen LogP) is -0.891. The SMILES string of the molecule is C[C@H](O)[C@H](N)CO.Cl. The Kier molecular flexibility index (Phi) is 7.32. The Bertz CT molecular complexity index is 51.3. The molecule has 0 unspecified atom stereocenters. The van der Waals surface area contributed by atoms with E-state index in [2.05, 4.69) is 0 Å². The van der Waals surface area contributed by atoms with Crippen molar-refractivity contribution in [1.29, 1.82) is 0 Å². The van der Waals surface area contributed by atoms with E-state index in [4.69, 9.17) is 15.9 Å². The third-order valence-electron chi connectivity index (χ3n) is 0.830. The lowest BCUT2D eigenvalue weighted by Gasteiger charge is -2.08. The van der Waals surface area contributed by atoms with E-state index in [1.807, 2.05) is 0 Å². The summed E-state index contributed by atoms with van der Waals surface area (Å²) >= 11 is 0. The Hall–Kier alpha value is 0.170. The van der Waals surface area contributed by atoms with Gasteiger partial charge in [0.05, 0.1) is 18.8 Å². The predicted molar refractivity (Wildman–Crippen MR) is 34.0 cm³/mol. The fraction of sp³-hybridized carbons (Fsp3) is 1.00. The van der Waals surface area contributed by atoms with E-state index < -0.39 is 12.1 Å². The van der Waals surface area contributed by atoms with E-state index >= 15 is 0 Å². The highest BCUT2D eigenvalue weighted by molar-refractivity contribution is 5.85. The fourth-order valence-electron chi connectivity index (χ4n) is 0.153. The highest BCUT2D eigenvalue weighted by atomic mass is 35.5. The topological polar surface area (TPSA) is 66.5 Å². The second-order valence-electron chi connectivity index (χ2n) is 1.59. The maximum absolute atomic E-state index is 8.54. The van der Waals surface area contributed by atoms with Crippen molar-refractivity contribution in [1.82, 2.24) is 0 Å². The zero-order valence-corrected chi connectivity index (χ0v) is 5.56. The van der Waals surface area contributed by atoms with E-state index in [1.54, 1.807) is 6.92 Å². The van der Waals surface area contributed by atoms with Gasteiger partial charge in [0.25, 0.3) is 0 Å². The van der Waals surface area contributed by atoms with Crippen LogP contribution in [0.25, 0.3) is 0 Å². The zero-order chi connectivity index (χ0) is 5.86. The molecule has 0 aliphatic rings. The summed E-state index contributed by atoms with van der Waals surface area (Å²) in [7, 11) is 0. The quantitative estimate of drug-likeness (QED) is 0.468. The highest BCUT2D eigenvalue weighted by Gasteiger charge is 2.04. The van der Waals surface area contributed by atoms with Gasteiger partial charge in [0, 0.05) is 0 Å². The fourth-order valence-corrected chi connectivity index (χ4v) is 0.153. The van der Waals surface area contributed by atoms with Crippen molar-refractivity contribution in [2.24, 2.45) is 5.73 Å². The van der Waals surface area contributed by atoms with E-state index in [-0.39, 0.29) is 19.0 Å². The van der Waals surface area contributed by atoms with Crippen LogP contribution in [0.3, 0.4) is 0 Å². The van der Waals surface area contributed by atoms with E-state index in [0.717, 1.165) is 0 Å². The van der Waals surface area contributed by atoms with Gasteiger partial charge in [-0.1, -0.05) is 0 Å². The van der Waals surface area contributed by atoms with Gasteiger partial charge in [0.15, 0.2) is 0 Å². The van der Waals surface area contributed by atoms with E-state index in [0.29, 0.717) is 0 Å². The molecule has 0 aromatic carbocycles. The molecule has 0 rings (SSSR count). The molecular weight excluding hydrogens is 130 g/mol. The van der Waals surface area contributed by atoms with Gasteiger partial charge >= 0.3 is 0 Å². The Morgan fingerprint density at radius 2 is 2.00 bits per heavy atom. The molecule has 0 amide bonds. The third-order valence-corrected chi connectivity index (χ3v) is 0.830. The average Bonchev–Trinajstić information content (AvgIpc) is 1.65. The maximum atomic E-state index is 8.54. The molecule has 4 heteroatoms. The van der Waals surface area contributed by atoms with Crippen LogP contribution in [0, 0.1) is 0 Å². The van der Waals surface area contributed by atoms with Gasteiger partial charge in [-0.2, -0.15) is 0 Å². The lowest BCUT2D eigenvalue weighted by atomic mass is 10.2. The molecule has 0 aliphatic carbocycles. The molecule has 0 aromatic heterocycles. The monoisotopic (exact) mass is 141 g/mol. The van der Waals surface area contributed by atoms with Gasteiger partial charge < -0.3 is 15.9 Å². The lowest BCUT2D eigenvalue weighted by Crippen LogP contribution is -2.35. The minimum atomic E-state index is -0.606. The molecule has 0 fully saturated rings. The van der Waals surface area contributed by atoms with Crippen molar-refractivity contribution in [3.8, 4) is 0 Å². The van der Waals surface area contributed by atoms with Crippen molar-refractivity contribution in [3.05, 3.63) is 0 Å². The summed E-state index contributed by atoms with van der Waals surface area (Å²) in [6, 6.07) is -0.486. The summed E-state index contributed by atoms with van der Waals surface area (Å²) in [6.45, 7) is 1.39. The molecule has 0 heterocycles. The van der Waals surface area contributed by atoms with Gasteiger partial charge in [0.2, 0.25) is 0 Å². The molecule has 0 spiro atoms. The first-order chi connectivity index (χ1) is 3.18. The van der Waals surface area contributed by atoms with Gasteiger partial charge in [-0.3, -0.25) is 0 Å².